The average Bonchev–Trinajstić information content (AvgIpc) is 2.46. The zero-order chi connectivity index (χ0) is 15.4. The van der Waals surface area contributed by atoms with E-state index < -0.39 is 0 Å². The maximum Gasteiger partial charge on any atom is 0.282 e. The largest absolute Gasteiger partial charge is 0.364 e. The SMILES string of the molecule is CCc1ccc(NC(=O)[C@H](C)[NH+]2C[C@@H](C)O[C@H](C)C2)cc1. The summed E-state index contributed by atoms with van der Waals surface area (Å²) in [5.41, 5.74) is 2.15. The monoisotopic (exact) mass is 291 g/mol. The van der Waals surface area contributed by atoms with Crippen molar-refractivity contribution in [3.63, 3.8) is 0 Å². The number of anilines is 1. The molecule has 0 radical (unpaired) electrons. The summed E-state index contributed by atoms with van der Waals surface area (Å²) in [6.45, 7) is 10.0. The fraction of sp³-hybridized carbons (Fsp3) is 0.588. The molecule has 0 unspecified atom stereocenters. The second-order valence-corrected chi connectivity index (χ2v) is 6.09. The van der Waals surface area contributed by atoms with Gasteiger partial charge in [-0.25, -0.2) is 0 Å². The summed E-state index contributed by atoms with van der Waals surface area (Å²) in [6, 6.07) is 8.01. The Morgan fingerprint density at radius 3 is 2.38 bits per heavy atom. The second-order valence-electron chi connectivity index (χ2n) is 6.09. The fourth-order valence-corrected chi connectivity index (χ4v) is 2.93. The van der Waals surface area contributed by atoms with Crippen LogP contribution in [-0.4, -0.2) is 37.2 Å². The zero-order valence-corrected chi connectivity index (χ0v) is 13.5. The van der Waals surface area contributed by atoms with E-state index in [0.717, 1.165) is 25.2 Å². The summed E-state index contributed by atoms with van der Waals surface area (Å²) in [6.07, 6.45) is 1.43. The number of morpholine rings is 1. The van der Waals surface area contributed by atoms with Gasteiger partial charge in [0, 0.05) is 5.69 Å². The Balaban J connectivity index is 1.95. The molecule has 0 aliphatic carbocycles. The van der Waals surface area contributed by atoms with E-state index in [-0.39, 0.29) is 24.2 Å². The first-order chi connectivity index (χ1) is 9.99. The predicted molar refractivity (Wildman–Crippen MR) is 84.6 cm³/mol. The van der Waals surface area contributed by atoms with E-state index in [2.05, 4.69) is 38.2 Å². The van der Waals surface area contributed by atoms with E-state index in [1.54, 1.807) is 0 Å². The molecule has 0 bridgehead atoms. The van der Waals surface area contributed by atoms with Crippen LogP contribution in [0, 0.1) is 0 Å². The number of quaternary nitrogens is 1. The lowest BCUT2D eigenvalue weighted by molar-refractivity contribution is -0.928. The van der Waals surface area contributed by atoms with Crippen LogP contribution in [0.25, 0.3) is 0 Å². The molecule has 3 atom stereocenters. The Morgan fingerprint density at radius 2 is 1.86 bits per heavy atom. The van der Waals surface area contributed by atoms with Crippen LogP contribution >= 0.6 is 0 Å². The molecule has 1 aliphatic heterocycles. The molecule has 0 saturated carbocycles. The van der Waals surface area contributed by atoms with Gasteiger partial charge in [-0.2, -0.15) is 0 Å². The van der Waals surface area contributed by atoms with Gasteiger partial charge in [0.2, 0.25) is 0 Å². The van der Waals surface area contributed by atoms with Gasteiger partial charge in [-0.05, 0) is 44.9 Å². The number of carbonyl (C=O) groups is 1. The minimum Gasteiger partial charge on any atom is -0.364 e. The zero-order valence-electron chi connectivity index (χ0n) is 13.5. The van der Waals surface area contributed by atoms with E-state index in [9.17, 15) is 4.79 Å². The lowest BCUT2D eigenvalue weighted by atomic mass is 10.1. The molecule has 1 aromatic rings. The third kappa shape index (κ3) is 4.29. The van der Waals surface area contributed by atoms with Crippen LogP contribution in [0.3, 0.4) is 0 Å². The Labute approximate surface area is 127 Å². The van der Waals surface area contributed by atoms with Crippen molar-refractivity contribution in [1.82, 2.24) is 0 Å². The molecule has 116 valence electrons. The fourth-order valence-electron chi connectivity index (χ4n) is 2.93. The number of rotatable bonds is 4. The van der Waals surface area contributed by atoms with Crippen molar-refractivity contribution in [2.75, 3.05) is 18.4 Å². The molecule has 4 heteroatoms. The molecular formula is C17H27N2O2+. The van der Waals surface area contributed by atoms with Crippen molar-refractivity contribution in [2.45, 2.75) is 52.4 Å². The Morgan fingerprint density at radius 1 is 1.29 bits per heavy atom. The summed E-state index contributed by atoms with van der Waals surface area (Å²) in [4.78, 5) is 13.7. The molecule has 0 aromatic heterocycles. The smallest absolute Gasteiger partial charge is 0.282 e. The molecule has 1 saturated heterocycles. The topological polar surface area (TPSA) is 42.8 Å². The first-order valence-corrected chi connectivity index (χ1v) is 7.89. The van der Waals surface area contributed by atoms with E-state index in [0.29, 0.717) is 0 Å². The molecule has 1 heterocycles. The van der Waals surface area contributed by atoms with Crippen LogP contribution in [-0.2, 0) is 16.0 Å². The van der Waals surface area contributed by atoms with E-state index in [1.807, 2.05) is 19.1 Å². The highest BCUT2D eigenvalue weighted by Crippen LogP contribution is 2.10. The molecule has 0 spiro atoms. The number of hydrogen-bond donors (Lipinski definition) is 2. The number of nitrogens with one attached hydrogen (secondary N) is 2. The average molecular weight is 291 g/mol. The molecule has 2 rings (SSSR count). The number of carbonyl (C=O) groups excluding carboxylic acids is 1. The van der Waals surface area contributed by atoms with Crippen LogP contribution in [0.1, 0.15) is 33.3 Å². The van der Waals surface area contributed by atoms with Gasteiger partial charge < -0.3 is 15.0 Å². The van der Waals surface area contributed by atoms with Gasteiger partial charge in [0.05, 0.1) is 0 Å². The van der Waals surface area contributed by atoms with E-state index >= 15 is 0 Å². The first-order valence-electron chi connectivity index (χ1n) is 7.89. The quantitative estimate of drug-likeness (QED) is 0.877. The molecule has 4 nitrogen and oxygen atoms in total. The van der Waals surface area contributed by atoms with E-state index in [1.165, 1.54) is 10.5 Å². The number of aryl methyl sites for hydroxylation is 1. The minimum absolute atomic E-state index is 0.0651. The molecule has 21 heavy (non-hydrogen) atoms. The molecule has 1 fully saturated rings. The molecule has 1 aromatic carbocycles. The van der Waals surface area contributed by atoms with Gasteiger partial charge in [0.15, 0.2) is 6.04 Å². The van der Waals surface area contributed by atoms with Crippen LogP contribution < -0.4 is 10.2 Å². The standard InChI is InChI=1S/C17H26N2O2/c1-5-15-6-8-16(9-7-15)18-17(20)14(4)19-10-12(2)21-13(3)11-19/h6-9,12-14H,5,10-11H2,1-4H3,(H,18,20)/p+1/t12-,13-,14+/m1/s1. The van der Waals surface area contributed by atoms with Crippen LogP contribution in [0.15, 0.2) is 24.3 Å². The Bertz CT molecular complexity index is 462. The summed E-state index contributed by atoms with van der Waals surface area (Å²) in [5.74, 6) is 0.0792. The van der Waals surface area contributed by atoms with Gasteiger partial charge >= 0.3 is 0 Å². The highest BCUT2D eigenvalue weighted by Gasteiger charge is 2.32. The summed E-state index contributed by atoms with van der Waals surface area (Å²) in [5, 5.41) is 3.02. The van der Waals surface area contributed by atoms with Crippen molar-refractivity contribution in [1.29, 1.82) is 0 Å². The molecule has 1 amide bonds. The maximum absolute atomic E-state index is 12.4. The van der Waals surface area contributed by atoms with Gasteiger partial charge in [-0.1, -0.05) is 19.1 Å². The normalized spacial score (nSPS) is 27.1. The van der Waals surface area contributed by atoms with Crippen molar-refractivity contribution >= 4 is 11.6 Å². The molecule has 2 N–H and O–H groups in total. The van der Waals surface area contributed by atoms with Crippen molar-refractivity contribution in [2.24, 2.45) is 0 Å². The highest BCUT2D eigenvalue weighted by molar-refractivity contribution is 5.93. The van der Waals surface area contributed by atoms with Crippen molar-refractivity contribution in [3.05, 3.63) is 29.8 Å². The van der Waals surface area contributed by atoms with Crippen LogP contribution in [0.2, 0.25) is 0 Å². The minimum atomic E-state index is -0.0651. The van der Waals surface area contributed by atoms with Gasteiger partial charge in [-0.3, -0.25) is 4.79 Å². The second kappa shape index (κ2) is 7.05. The third-order valence-corrected chi connectivity index (χ3v) is 4.20. The van der Waals surface area contributed by atoms with Gasteiger partial charge in [-0.15, -0.1) is 0 Å². The van der Waals surface area contributed by atoms with Crippen LogP contribution in [0.4, 0.5) is 5.69 Å². The van der Waals surface area contributed by atoms with Gasteiger partial charge in [0.25, 0.3) is 5.91 Å². The van der Waals surface area contributed by atoms with Gasteiger partial charge in [0.1, 0.15) is 25.3 Å². The molecule has 1 aliphatic rings. The van der Waals surface area contributed by atoms with Crippen LogP contribution in [0.5, 0.6) is 0 Å². The summed E-state index contributed by atoms with van der Waals surface area (Å²) in [7, 11) is 0. The Hall–Kier alpha value is -1.39. The number of amides is 1. The van der Waals surface area contributed by atoms with Crippen molar-refractivity contribution in [3.8, 4) is 0 Å². The lowest BCUT2D eigenvalue weighted by Crippen LogP contribution is -3.19. The maximum atomic E-state index is 12.4. The van der Waals surface area contributed by atoms with E-state index in [4.69, 9.17) is 4.74 Å². The predicted octanol–water partition coefficient (Wildman–Crippen LogP) is 1.27. The first kappa shape index (κ1) is 16.0. The molecular weight excluding hydrogens is 264 g/mol. The van der Waals surface area contributed by atoms with Crippen molar-refractivity contribution < 1.29 is 14.4 Å². The Kier molecular flexibility index (Phi) is 5.37. The third-order valence-electron chi connectivity index (χ3n) is 4.20. The highest BCUT2D eigenvalue weighted by atomic mass is 16.5. The summed E-state index contributed by atoms with van der Waals surface area (Å²) < 4.78 is 5.74. The number of benzene rings is 1. The number of ether oxygens (including phenoxy) is 1. The lowest BCUT2D eigenvalue weighted by Gasteiger charge is -2.35. The summed E-state index contributed by atoms with van der Waals surface area (Å²) >= 11 is 0. The number of hydrogen-bond acceptors (Lipinski definition) is 2.